The van der Waals surface area contributed by atoms with E-state index in [1.807, 2.05) is 55.9 Å². The summed E-state index contributed by atoms with van der Waals surface area (Å²) in [6, 6.07) is 16.2. The third kappa shape index (κ3) is 3.09. The number of benzene rings is 2. The highest BCUT2D eigenvalue weighted by atomic mass is 32.2. The Labute approximate surface area is 130 Å². The van der Waals surface area contributed by atoms with Crippen molar-refractivity contribution in [2.24, 2.45) is 0 Å². The van der Waals surface area contributed by atoms with Gasteiger partial charge in [0.15, 0.2) is 0 Å². The van der Waals surface area contributed by atoms with Gasteiger partial charge in [0, 0.05) is 16.6 Å². The van der Waals surface area contributed by atoms with Crippen LogP contribution in [0.4, 0.5) is 0 Å². The van der Waals surface area contributed by atoms with Crippen LogP contribution in [0.2, 0.25) is 0 Å². The Balaban J connectivity index is 1.84. The Morgan fingerprint density at radius 1 is 1.14 bits per heavy atom. The molecule has 1 aliphatic rings. The molecule has 3 heteroatoms. The molecule has 2 aromatic carbocycles. The molecule has 0 saturated carbocycles. The van der Waals surface area contributed by atoms with E-state index < -0.39 is 6.10 Å². The fourth-order valence-corrected chi connectivity index (χ4v) is 4.01. The zero-order valence-corrected chi connectivity index (χ0v) is 13.1. The third-order valence-electron chi connectivity index (χ3n) is 3.69. The smallest absolute Gasteiger partial charge is 0.120 e. The zero-order chi connectivity index (χ0) is 14.8. The van der Waals surface area contributed by atoms with E-state index in [9.17, 15) is 5.11 Å². The number of hydrogen-bond donors (Lipinski definition) is 1. The van der Waals surface area contributed by atoms with Gasteiger partial charge in [0.05, 0.1) is 12.2 Å². The van der Waals surface area contributed by atoms with Crippen molar-refractivity contribution >= 4 is 11.8 Å². The van der Waals surface area contributed by atoms with E-state index in [4.69, 9.17) is 4.74 Å². The van der Waals surface area contributed by atoms with Crippen molar-refractivity contribution in [3.05, 3.63) is 59.7 Å². The summed E-state index contributed by atoms with van der Waals surface area (Å²) in [4.78, 5) is 1.29. The van der Waals surface area contributed by atoms with E-state index in [0.717, 1.165) is 17.1 Å². The van der Waals surface area contributed by atoms with E-state index in [0.29, 0.717) is 0 Å². The molecule has 0 spiro atoms. The van der Waals surface area contributed by atoms with Crippen molar-refractivity contribution in [1.29, 1.82) is 0 Å². The predicted molar refractivity (Wildman–Crippen MR) is 87.1 cm³/mol. The van der Waals surface area contributed by atoms with Crippen molar-refractivity contribution < 1.29 is 9.84 Å². The Kier molecular flexibility index (Phi) is 4.22. The molecule has 0 aliphatic carbocycles. The van der Waals surface area contributed by atoms with Crippen LogP contribution in [-0.4, -0.2) is 17.0 Å². The maximum atomic E-state index is 10.8. The minimum atomic E-state index is -0.489. The molecule has 21 heavy (non-hydrogen) atoms. The van der Waals surface area contributed by atoms with Crippen LogP contribution < -0.4 is 4.74 Å². The van der Waals surface area contributed by atoms with Crippen molar-refractivity contribution in [2.75, 3.05) is 5.75 Å². The largest absolute Gasteiger partial charge is 0.491 e. The molecule has 0 saturated heterocycles. The molecule has 1 aliphatic heterocycles. The van der Waals surface area contributed by atoms with Crippen molar-refractivity contribution in [1.82, 2.24) is 0 Å². The first-order valence-electron chi connectivity index (χ1n) is 7.31. The second-order valence-electron chi connectivity index (χ2n) is 5.64. The highest BCUT2D eigenvalue weighted by molar-refractivity contribution is 7.99. The summed E-state index contributed by atoms with van der Waals surface area (Å²) in [6.45, 7) is 4.01. The Morgan fingerprint density at radius 3 is 2.76 bits per heavy atom. The lowest BCUT2D eigenvalue weighted by molar-refractivity contribution is 0.153. The Hall–Kier alpha value is -1.45. The van der Waals surface area contributed by atoms with Gasteiger partial charge in [0.2, 0.25) is 0 Å². The van der Waals surface area contributed by atoms with Crippen molar-refractivity contribution in [3.8, 4) is 5.75 Å². The summed E-state index contributed by atoms with van der Waals surface area (Å²) in [5, 5.41) is 10.8. The number of aliphatic hydroxyl groups excluding tert-OH is 1. The molecule has 0 bridgehead atoms. The van der Waals surface area contributed by atoms with Gasteiger partial charge in [-0.2, -0.15) is 0 Å². The molecular formula is C18H20O2S. The van der Waals surface area contributed by atoms with Gasteiger partial charge in [-0.05, 0) is 43.2 Å². The van der Waals surface area contributed by atoms with Crippen LogP contribution in [0.25, 0.3) is 0 Å². The zero-order valence-electron chi connectivity index (χ0n) is 12.3. The molecule has 2 atom stereocenters. The van der Waals surface area contributed by atoms with E-state index >= 15 is 0 Å². The van der Waals surface area contributed by atoms with Gasteiger partial charge in [0.25, 0.3) is 0 Å². The normalized spacial score (nSPS) is 18.6. The fourth-order valence-electron chi connectivity index (χ4n) is 2.73. The SMILES string of the molecule is CC(C)Oc1cccc(C(O)C2CSc3ccccc32)c1. The first-order chi connectivity index (χ1) is 10.1. The second kappa shape index (κ2) is 6.12. The van der Waals surface area contributed by atoms with E-state index in [-0.39, 0.29) is 12.0 Å². The van der Waals surface area contributed by atoms with Crippen LogP contribution in [0.1, 0.15) is 37.0 Å². The third-order valence-corrected chi connectivity index (χ3v) is 4.90. The van der Waals surface area contributed by atoms with Gasteiger partial charge in [-0.25, -0.2) is 0 Å². The molecule has 2 unspecified atom stereocenters. The topological polar surface area (TPSA) is 29.5 Å². The molecule has 1 heterocycles. The summed E-state index contributed by atoms with van der Waals surface area (Å²) < 4.78 is 5.72. The lowest BCUT2D eigenvalue weighted by Gasteiger charge is -2.20. The number of ether oxygens (including phenoxy) is 1. The molecule has 0 amide bonds. The van der Waals surface area contributed by atoms with E-state index in [2.05, 4.69) is 18.2 Å². The summed E-state index contributed by atoms with van der Waals surface area (Å²) in [7, 11) is 0. The molecule has 0 aromatic heterocycles. The minimum Gasteiger partial charge on any atom is -0.491 e. The summed E-state index contributed by atoms with van der Waals surface area (Å²) in [5.41, 5.74) is 2.18. The molecule has 1 N–H and O–H groups in total. The molecule has 2 aromatic rings. The van der Waals surface area contributed by atoms with Crippen molar-refractivity contribution in [2.45, 2.75) is 36.9 Å². The van der Waals surface area contributed by atoms with Gasteiger partial charge >= 0.3 is 0 Å². The first kappa shape index (κ1) is 14.5. The van der Waals surface area contributed by atoms with Crippen LogP contribution in [0.15, 0.2) is 53.4 Å². The van der Waals surface area contributed by atoms with Gasteiger partial charge in [-0.15, -0.1) is 11.8 Å². The number of rotatable bonds is 4. The average molecular weight is 300 g/mol. The predicted octanol–water partition coefficient (Wildman–Crippen LogP) is 4.40. The number of aliphatic hydroxyl groups is 1. The molecule has 0 fully saturated rings. The van der Waals surface area contributed by atoms with E-state index in [1.165, 1.54) is 10.5 Å². The lowest BCUT2D eigenvalue weighted by atomic mass is 9.91. The lowest BCUT2D eigenvalue weighted by Crippen LogP contribution is -2.11. The Morgan fingerprint density at radius 2 is 1.95 bits per heavy atom. The van der Waals surface area contributed by atoms with Crippen LogP contribution in [0.5, 0.6) is 5.75 Å². The maximum Gasteiger partial charge on any atom is 0.120 e. The number of thioether (sulfide) groups is 1. The van der Waals surface area contributed by atoms with Gasteiger partial charge in [0.1, 0.15) is 5.75 Å². The molecule has 3 rings (SSSR count). The van der Waals surface area contributed by atoms with Crippen LogP contribution in [0.3, 0.4) is 0 Å². The first-order valence-corrected chi connectivity index (χ1v) is 8.30. The molecule has 0 radical (unpaired) electrons. The van der Waals surface area contributed by atoms with Gasteiger partial charge in [-0.1, -0.05) is 30.3 Å². The summed E-state index contributed by atoms with van der Waals surface area (Å²) in [5.74, 6) is 1.90. The average Bonchev–Trinajstić information content (AvgIpc) is 2.90. The minimum absolute atomic E-state index is 0.139. The quantitative estimate of drug-likeness (QED) is 0.907. The summed E-state index contributed by atoms with van der Waals surface area (Å²) in [6.07, 6.45) is -0.350. The fraction of sp³-hybridized carbons (Fsp3) is 0.333. The molecular weight excluding hydrogens is 280 g/mol. The molecule has 2 nitrogen and oxygen atoms in total. The maximum absolute atomic E-state index is 10.8. The van der Waals surface area contributed by atoms with Crippen molar-refractivity contribution in [3.63, 3.8) is 0 Å². The van der Waals surface area contributed by atoms with Crippen LogP contribution >= 0.6 is 11.8 Å². The number of fused-ring (bicyclic) bond motifs is 1. The standard InChI is InChI=1S/C18H20O2S/c1-12(2)20-14-7-5-6-13(10-14)18(19)16-11-21-17-9-4-3-8-15(16)17/h3-10,12,16,18-19H,11H2,1-2H3. The highest BCUT2D eigenvalue weighted by Gasteiger charge is 2.30. The second-order valence-corrected chi connectivity index (χ2v) is 6.70. The molecule has 110 valence electrons. The monoisotopic (exact) mass is 300 g/mol. The Bertz CT molecular complexity index is 624. The van der Waals surface area contributed by atoms with E-state index in [1.54, 1.807) is 0 Å². The highest BCUT2D eigenvalue weighted by Crippen LogP contribution is 2.45. The number of hydrogen-bond acceptors (Lipinski definition) is 3. The van der Waals surface area contributed by atoms with Gasteiger partial charge in [-0.3, -0.25) is 0 Å². The van der Waals surface area contributed by atoms with Gasteiger partial charge < -0.3 is 9.84 Å². The summed E-state index contributed by atoms with van der Waals surface area (Å²) >= 11 is 1.82. The van der Waals surface area contributed by atoms with Crippen LogP contribution in [-0.2, 0) is 0 Å². The van der Waals surface area contributed by atoms with Crippen LogP contribution in [0, 0.1) is 0 Å².